The molecule has 0 spiro atoms. The highest BCUT2D eigenvalue weighted by Gasteiger charge is 2.20. The first-order chi connectivity index (χ1) is 9.94. The van der Waals surface area contributed by atoms with Gasteiger partial charge in [0.2, 0.25) is 5.91 Å². The highest BCUT2D eigenvalue weighted by molar-refractivity contribution is 5.85. The third kappa shape index (κ3) is 4.39. The number of nitrogens with zero attached hydrogens (tertiary/aromatic N) is 2. The van der Waals surface area contributed by atoms with Crippen LogP contribution in [0.2, 0.25) is 0 Å². The molecular formula is C15H17FN2O3. The van der Waals surface area contributed by atoms with Gasteiger partial charge in [0, 0.05) is 32.8 Å². The Morgan fingerprint density at radius 2 is 2.14 bits per heavy atom. The number of piperazine rings is 1. The maximum absolute atomic E-state index is 13.6. The van der Waals surface area contributed by atoms with Crippen molar-refractivity contribution < 1.29 is 19.1 Å². The van der Waals surface area contributed by atoms with E-state index in [1.165, 1.54) is 18.2 Å². The van der Waals surface area contributed by atoms with Crippen LogP contribution in [0.1, 0.15) is 11.1 Å². The van der Waals surface area contributed by atoms with Crippen molar-refractivity contribution >= 4 is 18.0 Å². The molecule has 0 bridgehead atoms. The minimum absolute atomic E-state index is 0.0450. The lowest BCUT2D eigenvalue weighted by atomic mass is 10.1. The Hall–Kier alpha value is -2.21. The van der Waals surface area contributed by atoms with Crippen LogP contribution in [-0.4, -0.2) is 53.5 Å². The molecule has 1 aliphatic heterocycles. The Morgan fingerprint density at radius 3 is 2.81 bits per heavy atom. The van der Waals surface area contributed by atoms with Gasteiger partial charge in [0.15, 0.2) is 0 Å². The minimum atomic E-state index is -1.08. The Labute approximate surface area is 122 Å². The van der Waals surface area contributed by atoms with Gasteiger partial charge in [-0.25, -0.2) is 9.18 Å². The lowest BCUT2D eigenvalue weighted by Crippen LogP contribution is -2.47. The van der Waals surface area contributed by atoms with Crippen molar-refractivity contribution in [1.29, 1.82) is 0 Å². The second-order valence-corrected chi connectivity index (χ2v) is 5.09. The summed E-state index contributed by atoms with van der Waals surface area (Å²) in [6.45, 7) is 2.16. The molecule has 0 aromatic heterocycles. The van der Waals surface area contributed by atoms with Crippen LogP contribution >= 0.6 is 0 Å². The second kappa shape index (κ2) is 6.49. The van der Waals surface area contributed by atoms with Crippen LogP contribution in [0.3, 0.4) is 0 Å². The standard InChI is InChI=1S/C15H17FN2O3/c1-17-4-5-18(10-14(17)19)9-12-6-11(2-3-15(20)21)7-13(16)8-12/h2-3,6-8H,4-5,9-10H2,1H3,(H,20,21). The van der Waals surface area contributed by atoms with E-state index in [9.17, 15) is 14.0 Å². The molecule has 1 N–H and O–H groups in total. The van der Waals surface area contributed by atoms with Crippen LogP contribution in [-0.2, 0) is 16.1 Å². The predicted octanol–water partition coefficient (Wildman–Crippen LogP) is 1.20. The Morgan fingerprint density at radius 1 is 1.38 bits per heavy atom. The van der Waals surface area contributed by atoms with Crippen molar-refractivity contribution in [2.24, 2.45) is 0 Å². The van der Waals surface area contributed by atoms with Crippen molar-refractivity contribution in [3.63, 3.8) is 0 Å². The molecule has 0 aliphatic carbocycles. The van der Waals surface area contributed by atoms with Gasteiger partial charge in [0.25, 0.3) is 0 Å². The van der Waals surface area contributed by atoms with Crippen molar-refractivity contribution in [2.75, 3.05) is 26.7 Å². The molecule has 1 aromatic rings. The number of rotatable bonds is 4. The Balaban J connectivity index is 2.09. The first-order valence-electron chi connectivity index (χ1n) is 6.61. The predicted molar refractivity (Wildman–Crippen MR) is 76.0 cm³/mol. The van der Waals surface area contributed by atoms with Gasteiger partial charge in [-0.15, -0.1) is 0 Å². The van der Waals surface area contributed by atoms with Crippen LogP contribution in [0.15, 0.2) is 24.3 Å². The Kier molecular flexibility index (Phi) is 4.70. The van der Waals surface area contributed by atoms with Crippen LogP contribution in [0.5, 0.6) is 0 Å². The number of likely N-dealkylation sites (N-methyl/N-ethyl adjacent to an activating group) is 1. The van der Waals surface area contributed by atoms with E-state index in [0.717, 1.165) is 18.2 Å². The summed E-state index contributed by atoms with van der Waals surface area (Å²) >= 11 is 0. The van der Waals surface area contributed by atoms with Gasteiger partial charge in [0.1, 0.15) is 5.82 Å². The van der Waals surface area contributed by atoms with Crippen LogP contribution < -0.4 is 0 Å². The van der Waals surface area contributed by atoms with Crippen molar-refractivity contribution in [1.82, 2.24) is 9.80 Å². The lowest BCUT2D eigenvalue weighted by molar-refractivity contribution is -0.134. The molecule has 1 saturated heterocycles. The molecule has 0 radical (unpaired) electrons. The van der Waals surface area contributed by atoms with Gasteiger partial charge < -0.3 is 10.0 Å². The van der Waals surface area contributed by atoms with E-state index in [1.54, 1.807) is 18.0 Å². The van der Waals surface area contributed by atoms with Gasteiger partial charge in [0.05, 0.1) is 6.54 Å². The van der Waals surface area contributed by atoms with Crippen molar-refractivity contribution in [3.8, 4) is 0 Å². The average molecular weight is 292 g/mol. The summed E-state index contributed by atoms with van der Waals surface area (Å²) in [7, 11) is 1.76. The summed E-state index contributed by atoms with van der Waals surface area (Å²) < 4.78 is 13.6. The number of carbonyl (C=O) groups is 2. The summed E-state index contributed by atoms with van der Waals surface area (Å²) in [5.41, 5.74) is 1.21. The molecule has 1 aliphatic rings. The maximum atomic E-state index is 13.6. The number of halogens is 1. The molecule has 1 amide bonds. The highest BCUT2D eigenvalue weighted by Crippen LogP contribution is 2.14. The highest BCUT2D eigenvalue weighted by atomic mass is 19.1. The number of carboxylic acid groups (broad SMARTS) is 1. The zero-order chi connectivity index (χ0) is 15.4. The quantitative estimate of drug-likeness (QED) is 0.847. The molecule has 112 valence electrons. The van der Waals surface area contributed by atoms with Gasteiger partial charge in [-0.3, -0.25) is 9.69 Å². The molecule has 21 heavy (non-hydrogen) atoms. The SMILES string of the molecule is CN1CCN(Cc2cc(F)cc(C=CC(=O)O)c2)CC1=O. The van der Waals surface area contributed by atoms with Crippen LogP contribution in [0.25, 0.3) is 6.08 Å². The van der Waals surface area contributed by atoms with E-state index >= 15 is 0 Å². The monoisotopic (exact) mass is 292 g/mol. The van der Waals surface area contributed by atoms with Crippen molar-refractivity contribution in [2.45, 2.75) is 6.54 Å². The van der Waals surface area contributed by atoms with Gasteiger partial charge >= 0.3 is 5.97 Å². The molecule has 1 heterocycles. The molecule has 2 rings (SSSR count). The number of amides is 1. The molecule has 0 atom stereocenters. The molecule has 0 unspecified atom stereocenters. The molecule has 0 saturated carbocycles. The molecule has 6 heteroatoms. The summed E-state index contributed by atoms with van der Waals surface area (Å²) in [6, 6.07) is 4.41. The minimum Gasteiger partial charge on any atom is -0.478 e. The normalized spacial score (nSPS) is 16.7. The summed E-state index contributed by atoms with van der Waals surface area (Å²) in [5.74, 6) is -1.45. The lowest BCUT2D eigenvalue weighted by Gasteiger charge is -2.31. The van der Waals surface area contributed by atoms with Gasteiger partial charge in [-0.05, 0) is 29.3 Å². The van der Waals surface area contributed by atoms with E-state index in [2.05, 4.69) is 0 Å². The number of hydrogen-bond acceptors (Lipinski definition) is 3. The average Bonchev–Trinajstić information content (AvgIpc) is 2.40. The maximum Gasteiger partial charge on any atom is 0.328 e. The third-order valence-corrected chi connectivity index (χ3v) is 3.34. The van der Waals surface area contributed by atoms with Gasteiger partial charge in [-0.1, -0.05) is 6.07 Å². The fraction of sp³-hybridized carbons (Fsp3) is 0.333. The topological polar surface area (TPSA) is 60.9 Å². The fourth-order valence-corrected chi connectivity index (χ4v) is 2.23. The van der Waals surface area contributed by atoms with Crippen molar-refractivity contribution in [3.05, 3.63) is 41.2 Å². The van der Waals surface area contributed by atoms with Crippen LogP contribution in [0, 0.1) is 5.82 Å². The summed E-state index contributed by atoms with van der Waals surface area (Å²) in [4.78, 5) is 25.8. The smallest absolute Gasteiger partial charge is 0.328 e. The second-order valence-electron chi connectivity index (χ2n) is 5.09. The number of carbonyl (C=O) groups excluding carboxylic acids is 1. The number of hydrogen-bond donors (Lipinski definition) is 1. The molecule has 1 fully saturated rings. The fourth-order valence-electron chi connectivity index (χ4n) is 2.23. The Bertz CT molecular complexity index is 586. The zero-order valence-corrected chi connectivity index (χ0v) is 11.8. The summed E-state index contributed by atoms with van der Waals surface area (Å²) in [6.07, 6.45) is 2.32. The zero-order valence-electron chi connectivity index (χ0n) is 11.8. The van der Waals surface area contributed by atoms with E-state index in [-0.39, 0.29) is 5.91 Å². The first-order valence-corrected chi connectivity index (χ1v) is 6.61. The molecule has 1 aromatic carbocycles. The summed E-state index contributed by atoms with van der Waals surface area (Å²) in [5, 5.41) is 8.60. The molecular weight excluding hydrogens is 275 g/mol. The van der Waals surface area contributed by atoms with E-state index in [1.807, 2.05) is 4.90 Å². The van der Waals surface area contributed by atoms with Crippen LogP contribution in [0.4, 0.5) is 4.39 Å². The number of carboxylic acids is 1. The third-order valence-electron chi connectivity index (χ3n) is 3.34. The number of aliphatic carboxylic acids is 1. The van der Waals surface area contributed by atoms with Gasteiger partial charge in [-0.2, -0.15) is 0 Å². The van der Waals surface area contributed by atoms with E-state index in [0.29, 0.717) is 25.2 Å². The first kappa shape index (κ1) is 15.2. The number of benzene rings is 1. The largest absolute Gasteiger partial charge is 0.478 e. The van der Waals surface area contributed by atoms with E-state index < -0.39 is 11.8 Å². The van der Waals surface area contributed by atoms with E-state index in [4.69, 9.17) is 5.11 Å². The molecule has 5 nitrogen and oxygen atoms in total.